The number of carbonyl (C=O) groups is 2. The molecule has 1 atom stereocenters. The van der Waals surface area contributed by atoms with Crippen molar-refractivity contribution < 1.29 is 58.7 Å². The van der Waals surface area contributed by atoms with Crippen molar-refractivity contribution in [2.75, 3.05) is 11.4 Å². The van der Waals surface area contributed by atoms with E-state index in [0.717, 1.165) is 5.57 Å². The first-order valence-corrected chi connectivity index (χ1v) is 15.2. The quantitative estimate of drug-likeness (QED) is 0.134. The summed E-state index contributed by atoms with van der Waals surface area (Å²) in [4.78, 5) is 26.3. The van der Waals surface area contributed by atoms with E-state index in [-0.39, 0.29) is 41.8 Å². The molecule has 3 aromatic rings. The number of fused-ring (bicyclic) bond motifs is 7. The van der Waals surface area contributed by atoms with Crippen molar-refractivity contribution in [1.82, 2.24) is 0 Å². The summed E-state index contributed by atoms with van der Waals surface area (Å²) in [7, 11) is -6.50. The maximum Gasteiger partial charge on any atom is 0.534 e. The van der Waals surface area contributed by atoms with Crippen LogP contribution in [0.4, 0.5) is 27.6 Å². The highest BCUT2D eigenvalue weighted by Gasteiger charge is 2.56. The monoisotopic (exact) mass is 665 g/mol. The molecule has 46 heavy (non-hydrogen) atoms. The predicted octanol–water partition coefficient (Wildman–Crippen LogP) is 6.63. The average Bonchev–Trinajstić information content (AvgIpc) is 3.25. The van der Waals surface area contributed by atoms with Gasteiger partial charge in [0.25, 0.3) is 0 Å². The summed E-state index contributed by atoms with van der Waals surface area (Å²) in [5, 5.41) is 9.20. The van der Waals surface area contributed by atoms with Crippen LogP contribution in [0.5, 0.6) is 17.2 Å². The molecule has 6 rings (SSSR count). The molecule has 1 spiro atoms. The van der Waals surface area contributed by atoms with Gasteiger partial charge in [-0.1, -0.05) is 24.3 Å². The average molecular weight is 666 g/mol. The number of hydrogen-bond donors (Lipinski definition) is 1. The van der Waals surface area contributed by atoms with E-state index in [1.54, 1.807) is 12.1 Å². The van der Waals surface area contributed by atoms with Gasteiger partial charge >= 0.3 is 27.6 Å². The number of allylic oxidation sites excluding steroid dienone is 1. The van der Waals surface area contributed by atoms with Crippen LogP contribution in [0.1, 0.15) is 66.2 Å². The molecule has 0 fully saturated rings. The molecule has 3 heterocycles. The lowest BCUT2D eigenvalue weighted by Gasteiger charge is -2.45. The second-order valence-electron chi connectivity index (χ2n) is 11.6. The van der Waals surface area contributed by atoms with E-state index in [4.69, 9.17) is 9.47 Å². The van der Waals surface area contributed by atoms with Crippen LogP contribution < -0.4 is 13.8 Å². The Morgan fingerprint density at radius 2 is 1.74 bits per heavy atom. The second kappa shape index (κ2) is 10.2. The first-order valence-electron chi connectivity index (χ1n) is 13.8. The van der Waals surface area contributed by atoms with Crippen LogP contribution in [0, 0.1) is 11.6 Å². The van der Waals surface area contributed by atoms with Crippen LogP contribution in [-0.4, -0.2) is 43.1 Å². The van der Waals surface area contributed by atoms with Crippen molar-refractivity contribution in [1.29, 1.82) is 0 Å². The molecule has 1 unspecified atom stereocenters. The molecule has 0 bridgehead atoms. The van der Waals surface area contributed by atoms with Gasteiger partial charge in [0.05, 0.1) is 16.7 Å². The Bertz CT molecular complexity index is 1990. The third kappa shape index (κ3) is 4.58. The number of anilines is 1. The van der Waals surface area contributed by atoms with Crippen molar-refractivity contribution >= 4 is 33.3 Å². The third-order valence-electron chi connectivity index (χ3n) is 8.20. The standard InChI is InChI=1S/C31H24F5NO8S/c1-15-14-29(2,3)37(10-6-9-24(38)39)22-13-23-19(11-17(15)22)30(18-8-5-4-7-16(18)28(40)44-30)20-12-21(32)27(25(33)26(20)43-23)45-46(41,42)31(34,35)36/h4-5,7-8,11-14H,6,9-10H2,1-3H3,(H,38,39). The third-order valence-corrected chi connectivity index (χ3v) is 9.15. The molecule has 0 radical (unpaired) electrons. The zero-order valence-corrected chi connectivity index (χ0v) is 25.1. The molecule has 15 heteroatoms. The highest BCUT2D eigenvalue weighted by molar-refractivity contribution is 7.88. The van der Waals surface area contributed by atoms with Crippen LogP contribution in [0.25, 0.3) is 5.57 Å². The fourth-order valence-corrected chi connectivity index (χ4v) is 6.78. The van der Waals surface area contributed by atoms with Crippen LogP contribution in [0.15, 0.2) is 48.5 Å². The number of carbonyl (C=O) groups excluding carboxylic acids is 1. The minimum atomic E-state index is -6.50. The number of alkyl halides is 3. The Morgan fingerprint density at radius 3 is 2.41 bits per heavy atom. The molecule has 0 aromatic heterocycles. The number of aliphatic carboxylic acids is 1. The molecule has 0 saturated heterocycles. The molecule has 0 amide bonds. The van der Waals surface area contributed by atoms with Crippen molar-refractivity contribution in [3.8, 4) is 17.2 Å². The zero-order valence-electron chi connectivity index (χ0n) is 24.3. The van der Waals surface area contributed by atoms with Crippen molar-refractivity contribution in [2.45, 2.75) is 50.3 Å². The molecule has 242 valence electrons. The van der Waals surface area contributed by atoms with E-state index < -0.39 is 67.4 Å². The van der Waals surface area contributed by atoms with E-state index in [1.165, 1.54) is 24.3 Å². The van der Waals surface area contributed by atoms with Crippen molar-refractivity contribution in [3.63, 3.8) is 0 Å². The van der Waals surface area contributed by atoms with Gasteiger partial charge in [0, 0.05) is 41.4 Å². The predicted molar refractivity (Wildman–Crippen MR) is 152 cm³/mol. The molecular formula is C31H24F5NO8S. The zero-order chi connectivity index (χ0) is 33.6. The Morgan fingerprint density at radius 1 is 1.04 bits per heavy atom. The molecule has 9 nitrogen and oxygen atoms in total. The lowest BCUT2D eigenvalue weighted by molar-refractivity contribution is -0.137. The van der Waals surface area contributed by atoms with Crippen molar-refractivity contribution in [2.24, 2.45) is 0 Å². The Labute approximate surface area is 258 Å². The van der Waals surface area contributed by atoms with Crippen LogP contribution in [-0.2, 0) is 25.3 Å². The summed E-state index contributed by atoms with van der Waals surface area (Å²) in [5.74, 6) is -8.55. The number of carboxylic acid groups (broad SMARTS) is 1. The highest BCUT2D eigenvalue weighted by atomic mass is 32.2. The number of rotatable bonds is 6. The lowest BCUT2D eigenvalue weighted by atomic mass is 9.75. The molecule has 3 aliphatic rings. The number of hydrogen-bond acceptors (Lipinski definition) is 8. The number of nitrogens with zero attached hydrogens (tertiary/aromatic N) is 1. The SMILES string of the molecule is CC1=CC(C)(C)N(CCCC(=O)O)c2cc3c(cc21)C1(OC(=O)c2ccccc21)c1cc(F)c(OS(=O)(=O)C(F)(F)F)c(F)c1O3. The molecule has 3 aromatic carbocycles. The molecule has 0 aliphatic carbocycles. The summed E-state index contributed by atoms with van der Waals surface area (Å²) in [5.41, 5.74) is -6.96. The number of ether oxygens (including phenoxy) is 2. The number of halogens is 5. The van der Waals surface area contributed by atoms with E-state index in [9.17, 15) is 36.3 Å². The molecule has 3 aliphatic heterocycles. The van der Waals surface area contributed by atoms with Gasteiger partial charge in [-0.15, -0.1) is 0 Å². The summed E-state index contributed by atoms with van der Waals surface area (Å²) in [6, 6.07) is 9.61. The topological polar surface area (TPSA) is 119 Å². The second-order valence-corrected chi connectivity index (χ2v) is 13.1. The van der Waals surface area contributed by atoms with E-state index in [1.807, 2.05) is 31.7 Å². The van der Waals surface area contributed by atoms with Gasteiger partial charge in [0.2, 0.25) is 11.6 Å². The van der Waals surface area contributed by atoms with Gasteiger partial charge in [0.15, 0.2) is 17.2 Å². The molecule has 0 saturated carbocycles. The van der Waals surface area contributed by atoms with Gasteiger partial charge < -0.3 is 23.7 Å². The van der Waals surface area contributed by atoms with Crippen molar-refractivity contribution in [3.05, 3.63) is 88.0 Å². The minimum absolute atomic E-state index is 0.0449. The smallest absolute Gasteiger partial charge is 0.481 e. The van der Waals surface area contributed by atoms with Gasteiger partial charge in [-0.05, 0) is 51.0 Å². The summed E-state index contributed by atoms with van der Waals surface area (Å²) < 4.78 is 110. The van der Waals surface area contributed by atoms with E-state index in [2.05, 4.69) is 4.18 Å². The fourth-order valence-electron chi connectivity index (χ4n) is 6.31. The largest absolute Gasteiger partial charge is 0.534 e. The Hall–Kier alpha value is -4.66. The Kier molecular flexibility index (Phi) is 6.93. The van der Waals surface area contributed by atoms with Gasteiger partial charge in [0.1, 0.15) is 5.75 Å². The van der Waals surface area contributed by atoms with E-state index in [0.29, 0.717) is 17.3 Å². The maximum absolute atomic E-state index is 16.0. The van der Waals surface area contributed by atoms with Gasteiger partial charge in [-0.3, -0.25) is 4.79 Å². The maximum atomic E-state index is 16.0. The summed E-state index contributed by atoms with van der Waals surface area (Å²) in [6.07, 6.45) is 2.07. The van der Waals surface area contributed by atoms with Crippen LogP contribution in [0.2, 0.25) is 0 Å². The first-order chi connectivity index (χ1) is 21.4. The lowest BCUT2D eigenvalue weighted by Crippen LogP contribution is -2.46. The van der Waals surface area contributed by atoms with E-state index >= 15 is 8.78 Å². The van der Waals surface area contributed by atoms with Crippen LogP contribution in [0.3, 0.4) is 0 Å². The normalized spacial score (nSPS) is 19.3. The Balaban J connectivity index is 1.62. The van der Waals surface area contributed by atoms with Gasteiger partial charge in [-0.2, -0.15) is 26.0 Å². The first kappa shape index (κ1) is 31.3. The highest BCUT2D eigenvalue weighted by Crippen LogP contribution is 2.59. The summed E-state index contributed by atoms with van der Waals surface area (Å²) >= 11 is 0. The molecular weight excluding hydrogens is 641 g/mol. The minimum Gasteiger partial charge on any atom is -0.481 e. The van der Waals surface area contributed by atoms with Gasteiger partial charge in [-0.25, -0.2) is 9.18 Å². The number of benzene rings is 3. The summed E-state index contributed by atoms with van der Waals surface area (Å²) in [6.45, 7) is 5.87. The fraction of sp³-hybridized carbons (Fsp3) is 0.290. The number of carboxylic acids is 1. The van der Waals surface area contributed by atoms with Crippen LogP contribution >= 0.6 is 0 Å². The molecule has 1 N–H and O–H groups in total. The number of esters is 1.